The summed E-state index contributed by atoms with van der Waals surface area (Å²) in [6.07, 6.45) is 0.141. The Morgan fingerprint density at radius 2 is 2.22 bits per heavy atom. The molecule has 2 heterocycles. The topological polar surface area (TPSA) is 38.2 Å². The number of halogens is 4. The van der Waals surface area contributed by atoms with Crippen molar-refractivity contribution in [1.29, 1.82) is 0 Å². The molecule has 2 aliphatic rings. The fourth-order valence-electron chi connectivity index (χ4n) is 3.77. The molecule has 3 atom stereocenters. The zero-order valence-corrected chi connectivity index (χ0v) is 13.5. The van der Waals surface area contributed by atoms with Crippen molar-refractivity contribution in [2.45, 2.75) is 19.5 Å². The normalized spacial score (nSPS) is 29.9. The zero-order chi connectivity index (χ0) is 16.8. The number of fused-ring (bicyclic) bond motifs is 1. The highest BCUT2D eigenvalue weighted by Gasteiger charge is 2.66. The summed E-state index contributed by atoms with van der Waals surface area (Å²) in [5, 5.41) is -0.378. The molecule has 8 heteroatoms. The van der Waals surface area contributed by atoms with E-state index in [9.17, 15) is 13.2 Å². The molecule has 0 amide bonds. The van der Waals surface area contributed by atoms with Crippen LogP contribution in [0, 0.1) is 17.3 Å². The molecule has 23 heavy (non-hydrogen) atoms. The molecule has 1 aromatic rings. The number of alkyl halides is 3. The van der Waals surface area contributed by atoms with Crippen LogP contribution >= 0.6 is 11.6 Å². The van der Waals surface area contributed by atoms with E-state index in [2.05, 4.69) is 16.9 Å². The quantitative estimate of drug-likeness (QED) is 0.614. The first-order valence-corrected chi connectivity index (χ1v) is 7.76. The second-order valence-electron chi connectivity index (χ2n) is 6.04. The van der Waals surface area contributed by atoms with Gasteiger partial charge in [0.05, 0.1) is 13.4 Å². The summed E-state index contributed by atoms with van der Waals surface area (Å²) in [6.45, 7) is 3.43. The van der Waals surface area contributed by atoms with E-state index in [-0.39, 0.29) is 16.5 Å². The first-order chi connectivity index (χ1) is 10.8. The maximum absolute atomic E-state index is 12.9. The molecule has 0 radical (unpaired) electrons. The van der Waals surface area contributed by atoms with E-state index in [0.29, 0.717) is 24.9 Å². The molecule has 4 nitrogen and oxygen atoms in total. The van der Waals surface area contributed by atoms with Gasteiger partial charge in [-0.15, -0.1) is 0 Å². The molecule has 0 aromatic carbocycles. The van der Waals surface area contributed by atoms with Gasteiger partial charge in [-0.25, -0.2) is 9.97 Å². The van der Waals surface area contributed by atoms with Crippen LogP contribution in [0.4, 0.5) is 19.0 Å². The van der Waals surface area contributed by atoms with Crippen molar-refractivity contribution in [3.63, 3.8) is 0 Å². The average Bonchev–Trinajstić information content (AvgIpc) is 2.89. The summed E-state index contributed by atoms with van der Waals surface area (Å²) in [5.41, 5.74) is -0.917. The highest BCUT2D eigenvalue weighted by molar-refractivity contribution is 6.28. The molecule has 3 unspecified atom stereocenters. The summed E-state index contributed by atoms with van der Waals surface area (Å²) in [7, 11) is 1.60. The second-order valence-corrected chi connectivity index (χ2v) is 6.38. The van der Waals surface area contributed by atoms with Gasteiger partial charge in [-0.1, -0.05) is 6.92 Å². The smallest absolute Gasteiger partial charge is 0.433 e. The standard InChI is InChI=1S/C15H17ClF3N3O/c1-3-14-8-22(7-10(14)9(14)4-5-23-2)12-6-11(15(17,18)19)20-13(16)21-12/h4-6,9-10H,3,7-8H2,1-2H3/b5-4+. The summed E-state index contributed by atoms with van der Waals surface area (Å²) in [6, 6.07) is 0.972. The van der Waals surface area contributed by atoms with E-state index in [1.165, 1.54) is 0 Å². The number of allylic oxidation sites excluding steroid dienone is 1. The third kappa shape index (κ3) is 2.75. The minimum Gasteiger partial charge on any atom is -0.505 e. The molecular formula is C15H17ClF3N3O. The predicted octanol–water partition coefficient (Wildman–Crippen LogP) is 3.77. The van der Waals surface area contributed by atoms with Gasteiger partial charge in [0.25, 0.3) is 0 Å². The SMILES string of the molecule is CCC12CN(c3cc(C(F)(F)F)nc(Cl)n3)CC1C2/C=C/OC. The number of nitrogens with zero attached hydrogens (tertiary/aromatic N) is 3. The van der Waals surface area contributed by atoms with Crippen LogP contribution in [-0.2, 0) is 10.9 Å². The van der Waals surface area contributed by atoms with Crippen molar-refractivity contribution in [3.05, 3.63) is 29.4 Å². The van der Waals surface area contributed by atoms with Crippen LogP contribution in [0.1, 0.15) is 19.0 Å². The third-order valence-corrected chi connectivity index (χ3v) is 5.18. The van der Waals surface area contributed by atoms with Gasteiger partial charge in [-0.05, 0) is 41.3 Å². The van der Waals surface area contributed by atoms with Gasteiger partial charge in [0, 0.05) is 19.2 Å². The van der Waals surface area contributed by atoms with E-state index in [4.69, 9.17) is 16.3 Å². The maximum Gasteiger partial charge on any atom is 0.433 e. The van der Waals surface area contributed by atoms with E-state index in [1.54, 1.807) is 13.4 Å². The average molecular weight is 348 g/mol. The minimum atomic E-state index is -4.53. The minimum absolute atomic E-state index is 0.0881. The van der Waals surface area contributed by atoms with Gasteiger partial charge in [-0.3, -0.25) is 0 Å². The van der Waals surface area contributed by atoms with Crippen LogP contribution < -0.4 is 4.90 Å². The second kappa shape index (κ2) is 5.54. The Bertz CT molecular complexity index is 637. The molecule has 1 aromatic heterocycles. The molecule has 3 rings (SSSR count). The summed E-state index contributed by atoms with van der Waals surface area (Å²) in [4.78, 5) is 9.12. The zero-order valence-electron chi connectivity index (χ0n) is 12.8. The molecule has 0 bridgehead atoms. The number of aromatic nitrogens is 2. The molecule has 0 spiro atoms. The molecule has 1 aliphatic carbocycles. The largest absolute Gasteiger partial charge is 0.505 e. The van der Waals surface area contributed by atoms with Crippen molar-refractivity contribution in [2.75, 3.05) is 25.1 Å². The third-order valence-electron chi connectivity index (χ3n) is 5.01. The van der Waals surface area contributed by atoms with Gasteiger partial charge >= 0.3 is 6.18 Å². The molecular weight excluding hydrogens is 331 g/mol. The lowest BCUT2D eigenvalue weighted by Gasteiger charge is -2.24. The van der Waals surface area contributed by atoms with Crippen molar-refractivity contribution in [1.82, 2.24) is 9.97 Å². The van der Waals surface area contributed by atoms with Crippen molar-refractivity contribution in [2.24, 2.45) is 17.3 Å². The highest BCUT2D eigenvalue weighted by atomic mass is 35.5. The summed E-state index contributed by atoms with van der Waals surface area (Å²) in [5.74, 6) is 1.05. The van der Waals surface area contributed by atoms with Gasteiger partial charge in [0.15, 0.2) is 5.69 Å². The summed E-state index contributed by atoms with van der Waals surface area (Å²) < 4.78 is 43.6. The Morgan fingerprint density at radius 1 is 1.48 bits per heavy atom. The van der Waals surface area contributed by atoms with E-state index < -0.39 is 11.9 Å². The molecule has 0 N–H and O–H groups in total. The van der Waals surface area contributed by atoms with E-state index in [1.807, 2.05) is 11.0 Å². The van der Waals surface area contributed by atoms with E-state index in [0.717, 1.165) is 12.5 Å². The lowest BCUT2D eigenvalue weighted by atomic mass is 10.00. The van der Waals surface area contributed by atoms with Crippen molar-refractivity contribution in [3.8, 4) is 0 Å². The molecule has 1 saturated carbocycles. The van der Waals surface area contributed by atoms with Gasteiger partial charge in [-0.2, -0.15) is 13.2 Å². The Hall–Kier alpha value is -1.50. The molecule has 2 fully saturated rings. The Balaban J connectivity index is 1.81. The maximum atomic E-state index is 12.9. The van der Waals surface area contributed by atoms with Crippen LogP contribution in [0.3, 0.4) is 0 Å². The predicted molar refractivity (Wildman–Crippen MR) is 80.1 cm³/mol. The van der Waals surface area contributed by atoms with Gasteiger partial charge in [0.2, 0.25) is 5.28 Å². The molecule has 1 saturated heterocycles. The Morgan fingerprint density at radius 3 is 2.78 bits per heavy atom. The highest BCUT2D eigenvalue weighted by Crippen LogP contribution is 2.66. The first-order valence-electron chi connectivity index (χ1n) is 7.38. The number of piperidine rings is 1. The van der Waals surface area contributed by atoms with Crippen LogP contribution in [0.25, 0.3) is 0 Å². The number of ether oxygens (including phenoxy) is 1. The van der Waals surface area contributed by atoms with Crippen LogP contribution in [-0.4, -0.2) is 30.2 Å². The first kappa shape index (κ1) is 16.4. The fraction of sp³-hybridized carbons (Fsp3) is 0.600. The molecule has 1 aliphatic heterocycles. The number of hydrogen-bond acceptors (Lipinski definition) is 4. The number of hydrogen-bond donors (Lipinski definition) is 0. The number of anilines is 1. The van der Waals surface area contributed by atoms with Gasteiger partial charge < -0.3 is 9.64 Å². The summed E-state index contributed by atoms with van der Waals surface area (Å²) >= 11 is 5.67. The van der Waals surface area contributed by atoms with Crippen molar-refractivity contribution >= 4 is 17.4 Å². The van der Waals surface area contributed by atoms with E-state index >= 15 is 0 Å². The lowest BCUT2D eigenvalue weighted by molar-refractivity contribution is -0.141. The van der Waals surface area contributed by atoms with Gasteiger partial charge in [0.1, 0.15) is 5.82 Å². The molecule has 126 valence electrons. The van der Waals surface area contributed by atoms with Crippen LogP contribution in [0.2, 0.25) is 5.28 Å². The monoisotopic (exact) mass is 347 g/mol. The lowest BCUT2D eigenvalue weighted by Crippen LogP contribution is -2.28. The van der Waals surface area contributed by atoms with Crippen LogP contribution in [0.5, 0.6) is 0 Å². The van der Waals surface area contributed by atoms with Crippen LogP contribution in [0.15, 0.2) is 18.4 Å². The fourth-order valence-corrected chi connectivity index (χ4v) is 3.95. The van der Waals surface area contributed by atoms with Crippen molar-refractivity contribution < 1.29 is 17.9 Å². The Labute approximate surface area is 137 Å². The number of rotatable bonds is 4. The number of methoxy groups -OCH3 is 1. The Kier molecular flexibility index (Phi) is 3.94.